The van der Waals surface area contributed by atoms with Crippen molar-refractivity contribution in [1.29, 1.82) is 0 Å². The Morgan fingerprint density at radius 3 is 3.17 bits per heavy atom. The van der Waals surface area contributed by atoms with E-state index in [2.05, 4.69) is 21.1 Å². The Kier molecular flexibility index (Phi) is 2.88. The maximum atomic E-state index is 10.7. The molecule has 5 heteroatoms. The fraction of sp³-hybridized carbons (Fsp3) is 0.286. The van der Waals surface area contributed by atoms with Gasteiger partial charge in [-0.25, -0.2) is 9.89 Å². The summed E-state index contributed by atoms with van der Waals surface area (Å²) in [6.45, 7) is 1.77. The molecule has 0 aliphatic heterocycles. The highest BCUT2D eigenvalue weighted by Crippen LogP contribution is 2.14. The number of hydrogen-bond acceptors (Lipinski definition) is 4. The number of aromatic nitrogens is 3. The Labute approximate surface area is 73.8 Å². The van der Waals surface area contributed by atoms with Gasteiger partial charge in [-0.2, -0.15) is 10.1 Å². The number of nitrogens with one attached hydrogen (secondary N) is 1. The van der Waals surface area contributed by atoms with E-state index in [1.807, 2.05) is 0 Å². The van der Waals surface area contributed by atoms with Gasteiger partial charge >= 0.3 is 5.69 Å². The van der Waals surface area contributed by atoms with Gasteiger partial charge in [0.05, 0.1) is 11.4 Å². The van der Waals surface area contributed by atoms with E-state index in [0.29, 0.717) is 16.5 Å². The normalized spacial score (nSPS) is 9.33. The lowest BCUT2D eigenvalue weighted by Crippen LogP contribution is -2.14. The van der Waals surface area contributed by atoms with Crippen LogP contribution in [0.25, 0.3) is 0 Å². The van der Waals surface area contributed by atoms with Crippen molar-refractivity contribution in [3.05, 3.63) is 16.2 Å². The van der Waals surface area contributed by atoms with Crippen LogP contribution in [0, 0.1) is 19.3 Å². The Morgan fingerprint density at radius 2 is 2.50 bits per heavy atom. The molecule has 4 nitrogen and oxygen atoms in total. The minimum Gasteiger partial charge on any atom is -0.244 e. The van der Waals surface area contributed by atoms with Gasteiger partial charge in [0.25, 0.3) is 0 Å². The fourth-order valence-corrected chi connectivity index (χ4v) is 1.25. The van der Waals surface area contributed by atoms with E-state index >= 15 is 0 Å². The summed E-state index contributed by atoms with van der Waals surface area (Å²) in [5, 5.41) is 6.57. The highest BCUT2D eigenvalue weighted by molar-refractivity contribution is 7.99. The van der Waals surface area contributed by atoms with E-state index in [-0.39, 0.29) is 0 Å². The molecule has 1 rings (SSSR count). The molecule has 0 saturated carbocycles. The van der Waals surface area contributed by atoms with E-state index in [0.717, 1.165) is 0 Å². The molecule has 0 aliphatic rings. The Morgan fingerprint density at radius 1 is 1.75 bits per heavy atom. The molecule has 1 aromatic rings. The second-order valence-corrected chi connectivity index (χ2v) is 2.99. The monoisotopic (exact) mass is 181 g/mol. The van der Waals surface area contributed by atoms with Crippen molar-refractivity contribution in [3.63, 3.8) is 0 Å². The van der Waals surface area contributed by atoms with E-state index in [9.17, 15) is 4.79 Å². The number of aromatic amines is 1. The summed E-state index contributed by atoms with van der Waals surface area (Å²) in [4.78, 5) is 14.4. The van der Waals surface area contributed by atoms with Crippen molar-refractivity contribution in [2.75, 3.05) is 5.75 Å². The first-order valence-electron chi connectivity index (χ1n) is 3.23. The molecular weight excluding hydrogens is 174 g/mol. The number of hydrogen-bond donors (Lipinski definition) is 1. The van der Waals surface area contributed by atoms with Crippen molar-refractivity contribution in [2.24, 2.45) is 0 Å². The number of thioether (sulfide) groups is 1. The quantitative estimate of drug-likeness (QED) is 0.523. The summed E-state index contributed by atoms with van der Waals surface area (Å²) >= 11 is 1.33. The molecule has 0 fully saturated rings. The van der Waals surface area contributed by atoms with Crippen molar-refractivity contribution in [1.82, 2.24) is 15.2 Å². The Balaban J connectivity index is 2.91. The molecule has 0 unspecified atom stereocenters. The first-order valence-corrected chi connectivity index (χ1v) is 4.22. The first kappa shape index (κ1) is 8.81. The van der Waals surface area contributed by atoms with Crippen LogP contribution in [-0.4, -0.2) is 20.9 Å². The van der Waals surface area contributed by atoms with Crippen LogP contribution in [0.3, 0.4) is 0 Å². The molecule has 0 aliphatic carbocycles. The number of rotatable bonds is 2. The van der Waals surface area contributed by atoms with Gasteiger partial charge in [0.1, 0.15) is 5.03 Å². The minimum atomic E-state index is -0.444. The maximum Gasteiger partial charge on any atom is 0.362 e. The third-order valence-corrected chi connectivity index (χ3v) is 2.10. The lowest BCUT2D eigenvalue weighted by molar-refractivity contribution is 0.815. The molecule has 0 radical (unpaired) electrons. The number of terminal acetylenes is 1. The van der Waals surface area contributed by atoms with Crippen molar-refractivity contribution in [2.45, 2.75) is 11.9 Å². The number of aryl methyl sites for hydroxylation is 1. The lowest BCUT2D eigenvalue weighted by atomic mass is 10.5. The number of H-pyrrole nitrogens is 1. The van der Waals surface area contributed by atoms with Gasteiger partial charge in [-0.15, -0.1) is 6.42 Å². The SMILES string of the molecule is C#CCSc1nc(=O)[nH]nc1C. The fourth-order valence-electron chi connectivity index (χ4n) is 0.624. The third kappa shape index (κ3) is 2.10. The standard InChI is InChI=1S/C7H7N3OS/c1-3-4-12-6-5(2)9-10-7(11)8-6/h1H,4H2,2H3,(H,8,10,11). The molecule has 1 aromatic heterocycles. The van der Waals surface area contributed by atoms with Gasteiger partial charge in [-0.1, -0.05) is 17.7 Å². The predicted molar refractivity (Wildman–Crippen MR) is 46.9 cm³/mol. The third-order valence-electron chi connectivity index (χ3n) is 1.12. The molecule has 0 spiro atoms. The second-order valence-electron chi connectivity index (χ2n) is 2.02. The van der Waals surface area contributed by atoms with Gasteiger partial charge in [0, 0.05) is 0 Å². The van der Waals surface area contributed by atoms with Crippen LogP contribution in [-0.2, 0) is 0 Å². The van der Waals surface area contributed by atoms with Crippen LogP contribution < -0.4 is 5.69 Å². The van der Waals surface area contributed by atoms with E-state index in [1.54, 1.807) is 6.92 Å². The predicted octanol–water partition coefficient (Wildman–Crippen LogP) is 0.199. The molecule has 0 atom stereocenters. The molecule has 0 aromatic carbocycles. The zero-order chi connectivity index (χ0) is 8.97. The van der Waals surface area contributed by atoms with Crippen molar-refractivity contribution in [3.8, 4) is 12.3 Å². The second kappa shape index (κ2) is 3.93. The minimum absolute atomic E-state index is 0.444. The summed E-state index contributed by atoms with van der Waals surface area (Å²) in [6.07, 6.45) is 5.06. The molecule has 0 amide bonds. The van der Waals surface area contributed by atoms with E-state index in [4.69, 9.17) is 6.42 Å². The molecule has 12 heavy (non-hydrogen) atoms. The Bertz CT molecular complexity index is 366. The van der Waals surface area contributed by atoms with Crippen molar-refractivity contribution < 1.29 is 0 Å². The Hall–Kier alpha value is -1.28. The summed E-state index contributed by atoms with van der Waals surface area (Å²) in [7, 11) is 0. The zero-order valence-electron chi connectivity index (χ0n) is 6.50. The smallest absolute Gasteiger partial charge is 0.244 e. The highest BCUT2D eigenvalue weighted by Gasteiger charge is 2.01. The molecule has 1 N–H and O–H groups in total. The van der Waals surface area contributed by atoms with Gasteiger partial charge in [0.15, 0.2) is 0 Å². The average molecular weight is 181 g/mol. The van der Waals surface area contributed by atoms with Gasteiger partial charge in [-0.05, 0) is 6.92 Å². The van der Waals surface area contributed by atoms with Gasteiger partial charge < -0.3 is 0 Å². The van der Waals surface area contributed by atoms with E-state index < -0.39 is 5.69 Å². The summed E-state index contributed by atoms with van der Waals surface area (Å²) in [5.41, 5.74) is 0.245. The number of nitrogens with zero attached hydrogens (tertiary/aromatic N) is 2. The summed E-state index contributed by atoms with van der Waals surface area (Å²) < 4.78 is 0. The van der Waals surface area contributed by atoms with E-state index in [1.165, 1.54) is 11.8 Å². The molecular formula is C7H7N3OS. The zero-order valence-corrected chi connectivity index (χ0v) is 7.31. The van der Waals surface area contributed by atoms with Crippen LogP contribution in [0.4, 0.5) is 0 Å². The van der Waals surface area contributed by atoms with Crippen LogP contribution in [0.2, 0.25) is 0 Å². The van der Waals surface area contributed by atoms with Gasteiger partial charge in [0.2, 0.25) is 0 Å². The molecule has 0 bridgehead atoms. The topological polar surface area (TPSA) is 58.6 Å². The average Bonchev–Trinajstić information content (AvgIpc) is 2.07. The van der Waals surface area contributed by atoms with Gasteiger partial charge in [-0.3, -0.25) is 0 Å². The summed E-state index contributed by atoms with van der Waals surface area (Å²) in [6, 6.07) is 0. The van der Waals surface area contributed by atoms with Crippen LogP contribution in [0.15, 0.2) is 9.82 Å². The molecule has 62 valence electrons. The summed E-state index contributed by atoms with van der Waals surface area (Å²) in [5.74, 6) is 2.94. The maximum absolute atomic E-state index is 10.7. The van der Waals surface area contributed by atoms with Crippen molar-refractivity contribution >= 4 is 11.8 Å². The van der Waals surface area contributed by atoms with Crippen LogP contribution in [0.5, 0.6) is 0 Å². The van der Waals surface area contributed by atoms with Crippen LogP contribution in [0.1, 0.15) is 5.69 Å². The first-order chi connectivity index (χ1) is 5.74. The van der Waals surface area contributed by atoms with Crippen LogP contribution >= 0.6 is 11.8 Å². The largest absolute Gasteiger partial charge is 0.362 e. The molecule has 1 heterocycles. The molecule has 0 saturated heterocycles. The lowest BCUT2D eigenvalue weighted by Gasteiger charge is -1.97. The highest BCUT2D eigenvalue weighted by atomic mass is 32.2.